The van der Waals surface area contributed by atoms with Gasteiger partial charge in [-0.05, 0) is 49.0 Å². The highest BCUT2D eigenvalue weighted by molar-refractivity contribution is 5.89. The third kappa shape index (κ3) is 5.99. The number of halogens is 1. The van der Waals surface area contributed by atoms with Gasteiger partial charge in [-0.3, -0.25) is 29.2 Å². The van der Waals surface area contributed by atoms with Crippen molar-refractivity contribution in [1.82, 2.24) is 29.5 Å². The molecule has 0 amide bonds. The van der Waals surface area contributed by atoms with Crippen LogP contribution in [0.3, 0.4) is 0 Å². The normalized spacial score (nSPS) is 18.2. The molecule has 0 saturated carbocycles. The third-order valence-electron chi connectivity index (χ3n) is 7.62. The zero-order chi connectivity index (χ0) is 24.9. The highest BCUT2D eigenvalue weighted by Gasteiger charge is 2.20. The van der Waals surface area contributed by atoms with Crippen molar-refractivity contribution in [3.8, 4) is 11.1 Å². The lowest BCUT2D eigenvalue weighted by Gasteiger charge is -2.33. The van der Waals surface area contributed by atoms with Gasteiger partial charge >= 0.3 is 0 Å². The maximum atomic E-state index is 12.8. The van der Waals surface area contributed by atoms with E-state index in [2.05, 4.69) is 49.0 Å². The number of nitrogens with zero attached hydrogens (tertiary/aromatic N) is 6. The molecule has 2 aromatic heterocycles. The maximum Gasteiger partial charge on any atom is 0.152 e. The molecular formula is C28H37FN6O. The molecule has 1 aromatic carbocycles. The van der Waals surface area contributed by atoms with E-state index in [1.807, 2.05) is 24.1 Å². The van der Waals surface area contributed by atoms with Gasteiger partial charge in [-0.15, -0.1) is 0 Å². The van der Waals surface area contributed by atoms with Gasteiger partial charge in [0, 0.05) is 69.2 Å². The number of piperazine rings is 1. The van der Waals surface area contributed by atoms with Crippen LogP contribution in [0.5, 0.6) is 0 Å². The molecule has 2 aliphatic rings. The van der Waals surface area contributed by atoms with Crippen molar-refractivity contribution in [2.45, 2.75) is 32.2 Å². The van der Waals surface area contributed by atoms with E-state index in [0.717, 1.165) is 67.8 Å². The lowest BCUT2D eigenvalue weighted by molar-refractivity contribution is -0.120. The molecule has 4 heterocycles. The predicted molar refractivity (Wildman–Crippen MR) is 141 cm³/mol. The number of hydrogen-bond donors (Lipinski definition) is 0. The summed E-state index contributed by atoms with van der Waals surface area (Å²) in [6.45, 7) is 7.09. The summed E-state index contributed by atoms with van der Waals surface area (Å²) in [5.41, 5.74) is 4.37. The van der Waals surface area contributed by atoms with Gasteiger partial charge in [0.05, 0.1) is 24.9 Å². The summed E-state index contributed by atoms with van der Waals surface area (Å²) in [5.74, 6) is 0.174. The number of carbonyl (C=O) groups is 1. The summed E-state index contributed by atoms with van der Waals surface area (Å²) in [6, 6.07) is 8.51. The number of pyridine rings is 1. The van der Waals surface area contributed by atoms with Crippen molar-refractivity contribution in [2.75, 3.05) is 59.0 Å². The third-order valence-corrected chi connectivity index (χ3v) is 7.62. The quantitative estimate of drug-likeness (QED) is 0.457. The first-order valence-electron chi connectivity index (χ1n) is 13.2. The van der Waals surface area contributed by atoms with E-state index < -0.39 is 0 Å². The number of benzene rings is 1. The first-order chi connectivity index (χ1) is 17.6. The predicted octanol–water partition coefficient (Wildman–Crippen LogP) is 3.32. The van der Waals surface area contributed by atoms with Crippen molar-refractivity contribution in [1.29, 1.82) is 0 Å². The number of fused-ring (bicyclic) bond motifs is 1. The van der Waals surface area contributed by atoms with Crippen LogP contribution in [-0.4, -0.2) is 94.3 Å². The van der Waals surface area contributed by atoms with Gasteiger partial charge in [-0.25, -0.2) is 4.39 Å². The number of carbonyl (C=O) groups excluding carboxylic acids is 1. The van der Waals surface area contributed by atoms with E-state index in [0.29, 0.717) is 19.5 Å². The number of aromatic nitrogens is 3. The number of Topliss-reactive ketones (excluding diaryl/α,β-unsaturated/α-hetero) is 1. The number of likely N-dealkylation sites (tertiary alicyclic amines) is 1. The highest BCUT2D eigenvalue weighted by atomic mass is 19.1. The molecule has 5 rings (SSSR count). The topological polar surface area (TPSA) is 57.5 Å². The second-order valence-electron chi connectivity index (χ2n) is 10.2. The van der Waals surface area contributed by atoms with Crippen LogP contribution >= 0.6 is 0 Å². The Labute approximate surface area is 212 Å². The molecule has 0 radical (unpaired) electrons. The molecule has 7 nitrogen and oxygen atoms in total. The fraction of sp³-hybridized carbons (Fsp3) is 0.536. The standard InChI is InChI=1S/C28H37FN6O/c1-32-28(21-34-8-3-2-4-9-34)27(19-31-32)22-5-6-23-18-30-25(16-24(23)15-22)17-26(36)20-35-13-11-33(10-7-29)12-14-35/h5-6,15-16,18-19H,2-4,7-14,17,20-21H2,1H3. The van der Waals surface area contributed by atoms with Crippen LogP contribution in [-0.2, 0) is 24.8 Å². The largest absolute Gasteiger partial charge is 0.298 e. The molecule has 36 heavy (non-hydrogen) atoms. The van der Waals surface area contributed by atoms with Gasteiger partial charge in [0.2, 0.25) is 0 Å². The average Bonchev–Trinajstić information content (AvgIpc) is 3.25. The van der Waals surface area contributed by atoms with Crippen LogP contribution in [0.2, 0.25) is 0 Å². The first kappa shape index (κ1) is 25.0. The Morgan fingerprint density at radius 1 is 0.917 bits per heavy atom. The number of hydrogen-bond acceptors (Lipinski definition) is 6. The molecule has 0 spiro atoms. The van der Waals surface area contributed by atoms with E-state index in [9.17, 15) is 9.18 Å². The van der Waals surface area contributed by atoms with Crippen LogP contribution in [0, 0.1) is 0 Å². The molecule has 2 saturated heterocycles. The minimum atomic E-state index is -0.311. The number of rotatable bonds is 9. The smallest absolute Gasteiger partial charge is 0.152 e. The Morgan fingerprint density at radius 3 is 2.47 bits per heavy atom. The van der Waals surface area contributed by atoms with Crippen molar-refractivity contribution >= 4 is 16.6 Å². The number of alkyl halides is 1. The molecule has 0 unspecified atom stereocenters. The summed E-state index contributed by atoms with van der Waals surface area (Å²) in [4.78, 5) is 24.2. The van der Waals surface area contributed by atoms with Crippen LogP contribution in [0.4, 0.5) is 4.39 Å². The first-order valence-corrected chi connectivity index (χ1v) is 13.2. The van der Waals surface area contributed by atoms with Crippen molar-refractivity contribution < 1.29 is 9.18 Å². The van der Waals surface area contributed by atoms with Crippen molar-refractivity contribution in [3.05, 3.63) is 48.0 Å². The van der Waals surface area contributed by atoms with Gasteiger partial charge < -0.3 is 0 Å². The Bertz CT molecular complexity index is 1180. The SMILES string of the molecule is Cn1ncc(-c2ccc3cnc(CC(=O)CN4CCN(CCF)CC4)cc3c2)c1CN1CCCCC1. The zero-order valence-corrected chi connectivity index (χ0v) is 21.3. The molecule has 0 bridgehead atoms. The van der Waals surface area contributed by atoms with Crippen LogP contribution < -0.4 is 0 Å². The molecule has 192 valence electrons. The van der Waals surface area contributed by atoms with Gasteiger partial charge in [0.25, 0.3) is 0 Å². The summed E-state index contributed by atoms with van der Waals surface area (Å²) < 4.78 is 14.6. The Kier molecular flexibility index (Phi) is 8.04. The Morgan fingerprint density at radius 2 is 1.69 bits per heavy atom. The molecule has 2 aliphatic heterocycles. The van der Waals surface area contributed by atoms with Crippen molar-refractivity contribution in [3.63, 3.8) is 0 Å². The monoisotopic (exact) mass is 492 g/mol. The molecule has 8 heteroatoms. The van der Waals surface area contributed by atoms with Gasteiger partial charge in [0.15, 0.2) is 5.78 Å². The molecule has 0 aliphatic carbocycles. The second kappa shape index (κ2) is 11.6. The lowest BCUT2D eigenvalue weighted by Crippen LogP contribution is -2.48. The lowest BCUT2D eigenvalue weighted by atomic mass is 10.0. The highest BCUT2D eigenvalue weighted by Crippen LogP contribution is 2.28. The van der Waals surface area contributed by atoms with E-state index in [1.54, 1.807) is 0 Å². The van der Waals surface area contributed by atoms with Crippen LogP contribution in [0.15, 0.2) is 36.7 Å². The Hall–Kier alpha value is -2.68. The van der Waals surface area contributed by atoms with E-state index in [1.165, 1.54) is 30.5 Å². The minimum Gasteiger partial charge on any atom is -0.298 e. The van der Waals surface area contributed by atoms with E-state index >= 15 is 0 Å². The second-order valence-corrected chi connectivity index (χ2v) is 10.2. The van der Waals surface area contributed by atoms with Gasteiger partial charge in [-0.2, -0.15) is 5.10 Å². The van der Waals surface area contributed by atoms with Crippen LogP contribution in [0.1, 0.15) is 30.7 Å². The summed E-state index contributed by atoms with van der Waals surface area (Å²) in [7, 11) is 2.03. The van der Waals surface area contributed by atoms with E-state index in [4.69, 9.17) is 0 Å². The fourth-order valence-electron chi connectivity index (χ4n) is 5.47. The number of ketones is 1. The zero-order valence-electron chi connectivity index (χ0n) is 21.3. The van der Waals surface area contributed by atoms with Crippen LogP contribution in [0.25, 0.3) is 21.9 Å². The molecular weight excluding hydrogens is 455 g/mol. The minimum absolute atomic E-state index is 0.174. The summed E-state index contributed by atoms with van der Waals surface area (Å²) >= 11 is 0. The molecule has 3 aromatic rings. The number of aryl methyl sites for hydroxylation is 1. The molecule has 0 atom stereocenters. The Balaban J connectivity index is 1.27. The average molecular weight is 493 g/mol. The molecule has 0 N–H and O–H groups in total. The fourth-order valence-corrected chi connectivity index (χ4v) is 5.47. The maximum absolute atomic E-state index is 12.8. The van der Waals surface area contributed by atoms with Gasteiger partial charge in [0.1, 0.15) is 6.67 Å². The molecule has 2 fully saturated rings. The van der Waals surface area contributed by atoms with Gasteiger partial charge in [-0.1, -0.05) is 18.6 Å². The summed E-state index contributed by atoms with van der Waals surface area (Å²) in [5, 5.41) is 6.74. The van der Waals surface area contributed by atoms with Crippen molar-refractivity contribution in [2.24, 2.45) is 7.05 Å². The number of piperidine rings is 1. The summed E-state index contributed by atoms with van der Waals surface area (Å²) in [6.07, 6.45) is 8.04. The van der Waals surface area contributed by atoms with E-state index in [-0.39, 0.29) is 12.5 Å².